The van der Waals surface area contributed by atoms with Gasteiger partial charge in [0.15, 0.2) is 0 Å². The van der Waals surface area contributed by atoms with Gasteiger partial charge in [-0.15, -0.1) is 12.4 Å². The number of hydrogen-bond acceptors (Lipinski definition) is 2. The summed E-state index contributed by atoms with van der Waals surface area (Å²) in [4.78, 5) is 2.20. The van der Waals surface area contributed by atoms with Gasteiger partial charge in [0.2, 0.25) is 0 Å². The minimum atomic E-state index is 0. The highest BCUT2D eigenvalue weighted by Crippen LogP contribution is 2.25. The standard InChI is InChI=1S/C15H23NO.ClH/c1-6-15(12(2)11-16(3)4)13-8-7-9-14(10-13)17-5;/h7-10H,6,11H2,1-5H3;1H/b15-12-;. The first kappa shape index (κ1) is 17.0. The Labute approximate surface area is 117 Å². The van der Waals surface area contributed by atoms with Gasteiger partial charge >= 0.3 is 0 Å². The van der Waals surface area contributed by atoms with Crippen LogP contribution in [0.2, 0.25) is 0 Å². The molecule has 0 amide bonds. The second-order valence-corrected chi connectivity index (χ2v) is 4.58. The number of benzene rings is 1. The Morgan fingerprint density at radius 3 is 2.44 bits per heavy atom. The smallest absolute Gasteiger partial charge is 0.119 e. The molecular formula is C15H24ClNO. The molecule has 0 radical (unpaired) electrons. The first-order valence-corrected chi connectivity index (χ1v) is 6.06. The van der Waals surface area contributed by atoms with Crippen LogP contribution in [-0.4, -0.2) is 32.6 Å². The minimum Gasteiger partial charge on any atom is -0.497 e. The molecule has 1 rings (SSSR count). The Balaban J connectivity index is 0.00000289. The highest BCUT2D eigenvalue weighted by molar-refractivity contribution is 5.85. The quantitative estimate of drug-likeness (QED) is 0.805. The third-order valence-corrected chi connectivity index (χ3v) is 2.84. The van der Waals surface area contributed by atoms with Crippen LogP contribution in [0.5, 0.6) is 5.75 Å². The van der Waals surface area contributed by atoms with Crippen LogP contribution in [0.4, 0.5) is 0 Å². The van der Waals surface area contributed by atoms with E-state index in [1.54, 1.807) is 7.11 Å². The summed E-state index contributed by atoms with van der Waals surface area (Å²) >= 11 is 0. The number of methoxy groups -OCH3 is 1. The van der Waals surface area contributed by atoms with Crippen LogP contribution in [0.1, 0.15) is 25.8 Å². The maximum Gasteiger partial charge on any atom is 0.119 e. The number of likely N-dealkylation sites (N-methyl/N-ethyl adjacent to an activating group) is 1. The Hall–Kier alpha value is -0.990. The molecule has 0 aliphatic heterocycles. The van der Waals surface area contributed by atoms with Crippen LogP contribution >= 0.6 is 12.4 Å². The van der Waals surface area contributed by atoms with Gasteiger partial charge in [0.05, 0.1) is 7.11 Å². The topological polar surface area (TPSA) is 12.5 Å². The van der Waals surface area contributed by atoms with Crippen molar-refractivity contribution in [1.29, 1.82) is 0 Å². The van der Waals surface area contributed by atoms with Gasteiger partial charge in [0.25, 0.3) is 0 Å². The fourth-order valence-corrected chi connectivity index (χ4v) is 2.13. The average Bonchev–Trinajstić information content (AvgIpc) is 2.29. The Morgan fingerprint density at radius 1 is 1.28 bits per heavy atom. The van der Waals surface area contributed by atoms with E-state index < -0.39 is 0 Å². The Kier molecular flexibility index (Phi) is 7.72. The predicted molar refractivity (Wildman–Crippen MR) is 81.7 cm³/mol. The van der Waals surface area contributed by atoms with Crippen molar-refractivity contribution in [3.63, 3.8) is 0 Å². The van der Waals surface area contributed by atoms with Gasteiger partial charge in [0, 0.05) is 6.54 Å². The lowest BCUT2D eigenvalue weighted by molar-refractivity contribution is 0.414. The molecule has 0 atom stereocenters. The van der Waals surface area contributed by atoms with Crippen molar-refractivity contribution in [2.45, 2.75) is 20.3 Å². The monoisotopic (exact) mass is 269 g/mol. The molecule has 0 aliphatic rings. The van der Waals surface area contributed by atoms with Crippen LogP contribution < -0.4 is 4.74 Å². The summed E-state index contributed by atoms with van der Waals surface area (Å²) in [5.41, 5.74) is 4.11. The molecule has 0 bridgehead atoms. The Bertz CT molecular complexity index is 399. The van der Waals surface area contributed by atoms with Gasteiger partial charge < -0.3 is 9.64 Å². The SMILES string of the molecule is CC/C(=C(\C)CN(C)C)c1cccc(OC)c1.Cl. The van der Waals surface area contributed by atoms with E-state index in [0.29, 0.717) is 0 Å². The minimum absolute atomic E-state index is 0. The first-order valence-electron chi connectivity index (χ1n) is 6.06. The zero-order valence-corrected chi connectivity index (χ0v) is 12.8. The van der Waals surface area contributed by atoms with E-state index >= 15 is 0 Å². The normalized spacial score (nSPS) is 11.9. The van der Waals surface area contributed by atoms with Crippen LogP contribution in [0.3, 0.4) is 0 Å². The molecule has 0 N–H and O–H groups in total. The van der Waals surface area contributed by atoms with Crippen molar-refractivity contribution >= 4 is 18.0 Å². The lowest BCUT2D eigenvalue weighted by atomic mass is 9.98. The largest absolute Gasteiger partial charge is 0.497 e. The molecule has 2 nitrogen and oxygen atoms in total. The number of rotatable bonds is 5. The lowest BCUT2D eigenvalue weighted by Crippen LogP contribution is -2.14. The number of nitrogens with zero attached hydrogens (tertiary/aromatic N) is 1. The highest BCUT2D eigenvalue weighted by atomic mass is 35.5. The number of hydrogen-bond donors (Lipinski definition) is 0. The summed E-state index contributed by atoms with van der Waals surface area (Å²) in [6.45, 7) is 5.41. The molecule has 0 unspecified atom stereocenters. The molecule has 0 aromatic heterocycles. The Morgan fingerprint density at radius 2 is 1.94 bits per heavy atom. The van der Waals surface area contributed by atoms with Gasteiger partial charge in [-0.25, -0.2) is 0 Å². The average molecular weight is 270 g/mol. The summed E-state index contributed by atoms with van der Waals surface area (Å²) < 4.78 is 5.28. The maximum absolute atomic E-state index is 5.28. The molecule has 0 saturated carbocycles. The van der Waals surface area contributed by atoms with E-state index in [1.165, 1.54) is 16.7 Å². The van der Waals surface area contributed by atoms with Crippen LogP contribution in [-0.2, 0) is 0 Å². The van der Waals surface area contributed by atoms with E-state index in [1.807, 2.05) is 12.1 Å². The fourth-order valence-electron chi connectivity index (χ4n) is 2.13. The van der Waals surface area contributed by atoms with E-state index in [9.17, 15) is 0 Å². The number of halogens is 1. The molecule has 0 aliphatic carbocycles. The van der Waals surface area contributed by atoms with Gasteiger partial charge in [-0.05, 0) is 50.7 Å². The van der Waals surface area contributed by atoms with E-state index in [4.69, 9.17) is 4.74 Å². The van der Waals surface area contributed by atoms with Crippen molar-refractivity contribution in [3.8, 4) is 5.75 Å². The van der Waals surface area contributed by atoms with Gasteiger partial charge in [-0.3, -0.25) is 0 Å². The zero-order valence-electron chi connectivity index (χ0n) is 12.0. The van der Waals surface area contributed by atoms with Crippen molar-refractivity contribution in [2.75, 3.05) is 27.7 Å². The molecule has 102 valence electrons. The van der Waals surface area contributed by atoms with Gasteiger partial charge in [0.1, 0.15) is 5.75 Å². The molecular weight excluding hydrogens is 246 g/mol. The van der Waals surface area contributed by atoms with E-state index in [2.05, 4.69) is 45.0 Å². The van der Waals surface area contributed by atoms with Gasteiger partial charge in [-0.1, -0.05) is 24.6 Å². The molecule has 0 saturated heterocycles. The van der Waals surface area contributed by atoms with Crippen molar-refractivity contribution < 1.29 is 4.74 Å². The molecule has 1 aromatic rings. The summed E-state index contributed by atoms with van der Waals surface area (Å²) in [7, 11) is 5.91. The van der Waals surface area contributed by atoms with Crippen molar-refractivity contribution in [3.05, 3.63) is 35.4 Å². The molecule has 0 spiro atoms. The second kappa shape index (κ2) is 8.17. The maximum atomic E-state index is 5.28. The highest BCUT2D eigenvalue weighted by Gasteiger charge is 2.06. The fraction of sp³-hybridized carbons (Fsp3) is 0.467. The number of allylic oxidation sites excluding steroid dienone is 1. The van der Waals surface area contributed by atoms with Crippen LogP contribution in [0.25, 0.3) is 5.57 Å². The van der Waals surface area contributed by atoms with Gasteiger partial charge in [-0.2, -0.15) is 0 Å². The van der Waals surface area contributed by atoms with Crippen molar-refractivity contribution in [2.24, 2.45) is 0 Å². The van der Waals surface area contributed by atoms with Crippen LogP contribution in [0.15, 0.2) is 29.8 Å². The summed E-state index contributed by atoms with van der Waals surface area (Å²) in [6, 6.07) is 8.29. The summed E-state index contributed by atoms with van der Waals surface area (Å²) in [5.74, 6) is 0.922. The molecule has 0 fully saturated rings. The predicted octanol–water partition coefficient (Wildman–Crippen LogP) is 3.86. The summed E-state index contributed by atoms with van der Waals surface area (Å²) in [6.07, 6.45) is 1.05. The van der Waals surface area contributed by atoms with E-state index in [-0.39, 0.29) is 12.4 Å². The first-order chi connectivity index (χ1) is 8.08. The third kappa shape index (κ3) is 4.71. The zero-order chi connectivity index (χ0) is 12.8. The number of ether oxygens (including phenoxy) is 1. The second-order valence-electron chi connectivity index (χ2n) is 4.58. The van der Waals surface area contributed by atoms with E-state index in [0.717, 1.165) is 18.7 Å². The molecule has 0 heterocycles. The summed E-state index contributed by atoms with van der Waals surface area (Å²) in [5, 5.41) is 0. The third-order valence-electron chi connectivity index (χ3n) is 2.84. The molecule has 1 aromatic carbocycles. The molecule has 18 heavy (non-hydrogen) atoms. The van der Waals surface area contributed by atoms with Crippen LogP contribution in [0, 0.1) is 0 Å². The van der Waals surface area contributed by atoms with Crippen molar-refractivity contribution in [1.82, 2.24) is 4.90 Å². The molecule has 3 heteroatoms. The lowest BCUT2D eigenvalue weighted by Gasteiger charge is -2.15.